The fraction of sp³-hybridized carbons (Fsp3) is 0.250. The van der Waals surface area contributed by atoms with Gasteiger partial charge in [0, 0.05) is 31.7 Å². The molecule has 8 nitrogen and oxygen atoms in total. The van der Waals surface area contributed by atoms with Crippen molar-refractivity contribution in [1.29, 1.82) is 0 Å². The number of nitrogens with zero attached hydrogens (tertiary/aromatic N) is 5. The Labute approximate surface area is 137 Å². The molecule has 122 valence electrons. The van der Waals surface area contributed by atoms with Crippen LogP contribution < -0.4 is 4.90 Å². The molecule has 1 aliphatic rings. The molecule has 0 atom stereocenters. The zero-order chi connectivity index (χ0) is 16.5. The van der Waals surface area contributed by atoms with E-state index in [0.29, 0.717) is 31.7 Å². The van der Waals surface area contributed by atoms with Gasteiger partial charge in [-0.1, -0.05) is 0 Å². The fourth-order valence-electron chi connectivity index (χ4n) is 2.84. The van der Waals surface area contributed by atoms with Gasteiger partial charge in [0.05, 0.1) is 23.7 Å². The van der Waals surface area contributed by atoms with Gasteiger partial charge in [0.2, 0.25) is 0 Å². The molecular formula is C16H15N5O3. The first kappa shape index (κ1) is 14.4. The zero-order valence-electron chi connectivity index (χ0n) is 12.8. The molecule has 1 amide bonds. The summed E-state index contributed by atoms with van der Waals surface area (Å²) in [7, 11) is 0. The van der Waals surface area contributed by atoms with Crippen molar-refractivity contribution >= 4 is 22.9 Å². The molecule has 0 spiro atoms. The number of carbonyl (C=O) groups is 1. The molecule has 4 heterocycles. The number of piperazine rings is 1. The number of pyridine rings is 1. The van der Waals surface area contributed by atoms with Crippen molar-refractivity contribution in [2.75, 3.05) is 31.1 Å². The van der Waals surface area contributed by atoms with E-state index in [9.17, 15) is 4.79 Å². The second-order valence-electron chi connectivity index (χ2n) is 5.53. The summed E-state index contributed by atoms with van der Waals surface area (Å²) in [5, 5.41) is 9.07. The topological polar surface area (TPSA) is 95.6 Å². The van der Waals surface area contributed by atoms with Gasteiger partial charge in [0.15, 0.2) is 5.82 Å². The molecule has 3 aromatic rings. The van der Waals surface area contributed by atoms with E-state index < -0.39 is 6.09 Å². The molecule has 1 aliphatic heterocycles. The van der Waals surface area contributed by atoms with Crippen molar-refractivity contribution in [3.05, 3.63) is 37.1 Å². The maximum absolute atomic E-state index is 11.0. The summed E-state index contributed by atoms with van der Waals surface area (Å²) in [5.41, 5.74) is 3.15. The van der Waals surface area contributed by atoms with Crippen molar-refractivity contribution < 1.29 is 14.3 Å². The van der Waals surface area contributed by atoms with Gasteiger partial charge in [-0.2, -0.15) is 0 Å². The molecule has 0 saturated carbocycles. The summed E-state index contributed by atoms with van der Waals surface area (Å²) >= 11 is 0. The number of hydrogen-bond acceptors (Lipinski definition) is 6. The lowest BCUT2D eigenvalue weighted by Gasteiger charge is -2.33. The number of fused-ring (bicyclic) bond motifs is 1. The predicted molar refractivity (Wildman–Crippen MR) is 86.8 cm³/mol. The lowest BCUT2D eigenvalue weighted by molar-refractivity contribution is 0.142. The Morgan fingerprint density at radius 2 is 1.96 bits per heavy atom. The number of rotatable bonds is 2. The van der Waals surface area contributed by atoms with Crippen molar-refractivity contribution in [2.24, 2.45) is 0 Å². The van der Waals surface area contributed by atoms with E-state index in [0.717, 1.165) is 22.6 Å². The Morgan fingerprint density at radius 3 is 2.67 bits per heavy atom. The highest BCUT2D eigenvalue weighted by atomic mass is 16.4. The van der Waals surface area contributed by atoms with Crippen LogP contribution in [0.4, 0.5) is 10.6 Å². The minimum atomic E-state index is -0.887. The molecule has 3 aromatic heterocycles. The third-order valence-corrected chi connectivity index (χ3v) is 4.13. The molecule has 1 N–H and O–H groups in total. The predicted octanol–water partition coefficient (Wildman–Crippen LogP) is 2.08. The Bertz CT molecular complexity index is 873. The van der Waals surface area contributed by atoms with E-state index in [-0.39, 0.29) is 0 Å². The monoisotopic (exact) mass is 325 g/mol. The average Bonchev–Trinajstić information content (AvgIpc) is 3.15. The Balaban J connectivity index is 1.70. The first-order valence-corrected chi connectivity index (χ1v) is 7.59. The lowest BCUT2D eigenvalue weighted by Crippen LogP contribution is -2.48. The van der Waals surface area contributed by atoms with Gasteiger partial charge in [0.25, 0.3) is 0 Å². The molecule has 0 unspecified atom stereocenters. The first-order chi connectivity index (χ1) is 11.7. The van der Waals surface area contributed by atoms with Crippen molar-refractivity contribution in [3.8, 4) is 11.3 Å². The first-order valence-electron chi connectivity index (χ1n) is 7.59. The highest BCUT2D eigenvalue weighted by Crippen LogP contribution is 2.26. The van der Waals surface area contributed by atoms with Crippen molar-refractivity contribution in [1.82, 2.24) is 19.9 Å². The molecule has 1 fully saturated rings. The number of furan rings is 1. The number of aromatic nitrogens is 3. The van der Waals surface area contributed by atoms with Crippen LogP contribution in [0.25, 0.3) is 22.3 Å². The number of carboxylic acid groups (broad SMARTS) is 1. The van der Waals surface area contributed by atoms with Crippen LogP contribution >= 0.6 is 0 Å². The summed E-state index contributed by atoms with van der Waals surface area (Å²) in [6, 6.07) is 5.65. The summed E-state index contributed by atoms with van der Waals surface area (Å²) in [6.07, 6.45) is 3.88. The van der Waals surface area contributed by atoms with E-state index in [2.05, 4.69) is 14.9 Å². The van der Waals surface area contributed by atoms with Gasteiger partial charge < -0.3 is 19.3 Å². The van der Waals surface area contributed by atoms with E-state index in [4.69, 9.17) is 14.5 Å². The smallest absolute Gasteiger partial charge is 0.407 e. The molecular weight excluding hydrogens is 310 g/mol. The summed E-state index contributed by atoms with van der Waals surface area (Å²) in [6.45, 7) is 2.05. The van der Waals surface area contributed by atoms with Crippen molar-refractivity contribution in [3.63, 3.8) is 0 Å². The SMILES string of the molecule is O=C(O)N1CCN(c2ncnc3ccc(-c4ccoc4)nc23)CC1. The Kier molecular flexibility index (Phi) is 3.49. The van der Waals surface area contributed by atoms with Crippen molar-refractivity contribution in [2.45, 2.75) is 0 Å². The molecule has 8 heteroatoms. The molecule has 4 rings (SSSR count). The van der Waals surface area contributed by atoms with E-state index in [1.807, 2.05) is 18.2 Å². The van der Waals surface area contributed by atoms with Crippen LogP contribution in [0.3, 0.4) is 0 Å². The molecule has 1 saturated heterocycles. The molecule has 0 radical (unpaired) electrons. The number of amides is 1. The van der Waals surface area contributed by atoms with Crippen LogP contribution in [0, 0.1) is 0 Å². The quantitative estimate of drug-likeness (QED) is 0.770. The van der Waals surface area contributed by atoms with Crippen LogP contribution in [-0.4, -0.2) is 57.2 Å². The summed E-state index contributed by atoms with van der Waals surface area (Å²) in [4.78, 5) is 27.9. The minimum absolute atomic E-state index is 0.447. The minimum Gasteiger partial charge on any atom is -0.472 e. The third-order valence-electron chi connectivity index (χ3n) is 4.13. The van der Waals surface area contributed by atoms with E-state index in [1.54, 1.807) is 12.5 Å². The fourth-order valence-corrected chi connectivity index (χ4v) is 2.84. The van der Waals surface area contributed by atoms with Gasteiger partial charge in [-0.05, 0) is 18.2 Å². The van der Waals surface area contributed by atoms with Gasteiger partial charge >= 0.3 is 6.09 Å². The van der Waals surface area contributed by atoms with Gasteiger partial charge in [0.1, 0.15) is 11.8 Å². The van der Waals surface area contributed by atoms with Crippen LogP contribution in [0.1, 0.15) is 0 Å². The molecule has 0 bridgehead atoms. The second kappa shape index (κ2) is 5.80. The Morgan fingerprint density at radius 1 is 1.12 bits per heavy atom. The van der Waals surface area contributed by atoms with Crippen LogP contribution in [0.5, 0.6) is 0 Å². The summed E-state index contributed by atoms with van der Waals surface area (Å²) in [5.74, 6) is 0.732. The molecule has 0 aliphatic carbocycles. The average molecular weight is 325 g/mol. The summed E-state index contributed by atoms with van der Waals surface area (Å²) < 4.78 is 5.12. The van der Waals surface area contributed by atoms with Crippen LogP contribution in [0.15, 0.2) is 41.5 Å². The van der Waals surface area contributed by atoms with Gasteiger partial charge in [-0.3, -0.25) is 0 Å². The van der Waals surface area contributed by atoms with Crippen LogP contribution in [-0.2, 0) is 0 Å². The molecule has 24 heavy (non-hydrogen) atoms. The number of anilines is 1. The van der Waals surface area contributed by atoms with Gasteiger partial charge in [-0.25, -0.2) is 19.7 Å². The Hall–Kier alpha value is -3.16. The largest absolute Gasteiger partial charge is 0.472 e. The standard InChI is InChI=1S/C16H15N5O3/c22-16(23)21-6-4-20(5-7-21)15-14-13(17-10-18-15)2-1-12(19-14)11-3-8-24-9-11/h1-3,8-10H,4-7H2,(H,22,23). The highest BCUT2D eigenvalue weighted by Gasteiger charge is 2.23. The van der Waals surface area contributed by atoms with E-state index in [1.165, 1.54) is 11.2 Å². The normalized spacial score (nSPS) is 15.0. The zero-order valence-corrected chi connectivity index (χ0v) is 12.8. The van der Waals surface area contributed by atoms with Gasteiger partial charge in [-0.15, -0.1) is 0 Å². The maximum Gasteiger partial charge on any atom is 0.407 e. The van der Waals surface area contributed by atoms with Crippen LogP contribution in [0.2, 0.25) is 0 Å². The molecule has 0 aromatic carbocycles. The number of hydrogen-bond donors (Lipinski definition) is 1. The highest BCUT2D eigenvalue weighted by molar-refractivity contribution is 5.87. The second-order valence-corrected chi connectivity index (χ2v) is 5.53. The lowest BCUT2D eigenvalue weighted by atomic mass is 10.2. The third kappa shape index (κ3) is 2.51. The van der Waals surface area contributed by atoms with E-state index >= 15 is 0 Å². The maximum atomic E-state index is 11.0.